The third-order valence-corrected chi connectivity index (χ3v) is 8.26. The van der Waals surface area contributed by atoms with Crippen LogP contribution in [0.1, 0.15) is 45.8 Å². The van der Waals surface area contributed by atoms with Crippen molar-refractivity contribution in [3.8, 4) is 5.00 Å². The number of halogens is 1. The molecule has 1 saturated heterocycles. The number of fused-ring (bicyclic) bond motifs is 3. The highest BCUT2D eigenvalue weighted by atomic mass is 35.5. The van der Waals surface area contributed by atoms with Gasteiger partial charge >= 0.3 is 0 Å². The highest BCUT2D eigenvalue weighted by Crippen LogP contribution is 2.38. The van der Waals surface area contributed by atoms with Crippen molar-refractivity contribution in [2.45, 2.75) is 33.4 Å². The maximum Gasteiger partial charge on any atom is 0.221 e. The van der Waals surface area contributed by atoms with Crippen LogP contribution in [0.25, 0.3) is 5.00 Å². The zero-order valence-electron chi connectivity index (χ0n) is 21.4. The summed E-state index contributed by atoms with van der Waals surface area (Å²) in [4.78, 5) is 21.1. The molecule has 1 fully saturated rings. The van der Waals surface area contributed by atoms with E-state index in [0.717, 1.165) is 66.3 Å². The number of aromatic nitrogens is 3. The van der Waals surface area contributed by atoms with Gasteiger partial charge in [0, 0.05) is 60.2 Å². The Morgan fingerprint density at radius 1 is 1.14 bits per heavy atom. The smallest absolute Gasteiger partial charge is 0.221 e. The zero-order valence-corrected chi connectivity index (χ0v) is 23.0. The first-order valence-corrected chi connectivity index (χ1v) is 13.8. The number of carbonyl (C=O) groups excluding carboxylic acids is 1. The van der Waals surface area contributed by atoms with Crippen LogP contribution in [0.5, 0.6) is 0 Å². The molecule has 5 rings (SSSR count). The highest BCUT2D eigenvalue weighted by Gasteiger charge is 2.31. The van der Waals surface area contributed by atoms with Crippen molar-refractivity contribution < 1.29 is 9.53 Å². The maximum atomic E-state index is 12.4. The second-order valence-corrected chi connectivity index (χ2v) is 10.9. The van der Waals surface area contributed by atoms with Crippen LogP contribution in [0.15, 0.2) is 29.3 Å². The van der Waals surface area contributed by atoms with Gasteiger partial charge in [0.15, 0.2) is 12.0 Å². The second kappa shape index (κ2) is 11.4. The molecule has 1 aromatic carbocycles. The number of benzene rings is 1. The SMILES string of the molecule is Cc1sc2c(c1C)C(c1ccc(Cl)cc1)=NC(NCCNC(=O)CCN1CCOCC1)c1nnc(C)n1-2. The Bertz CT molecular complexity index is 1290. The van der Waals surface area contributed by atoms with Crippen molar-refractivity contribution >= 4 is 34.6 Å². The Kier molecular flexibility index (Phi) is 8.01. The number of morpholine rings is 1. The number of amides is 1. The van der Waals surface area contributed by atoms with Crippen LogP contribution >= 0.6 is 22.9 Å². The lowest BCUT2D eigenvalue weighted by Gasteiger charge is -2.26. The highest BCUT2D eigenvalue weighted by molar-refractivity contribution is 7.15. The molecular formula is C26H32ClN7O2S. The van der Waals surface area contributed by atoms with E-state index in [2.05, 4.69) is 44.1 Å². The number of hydrogen-bond acceptors (Lipinski definition) is 8. The normalized spacial score (nSPS) is 17.6. The van der Waals surface area contributed by atoms with Gasteiger partial charge < -0.3 is 10.1 Å². The maximum absolute atomic E-state index is 12.4. The molecule has 0 bridgehead atoms. The van der Waals surface area contributed by atoms with Gasteiger partial charge in [0.25, 0.3) is 0 Å². The fourth-order valence-electron chi connectivity index (χ4n) is 4.65. The van der Waals surface area contributed by atoms with Crippen LogP contribution < -0.4 is 10.6 Å². The van der Waals surface area contributed by atoms with Crippen molar-refractivity contribution in [2.24, 2.45) is 4.99 Å². The molecule has 4 heterocycles. The number of carbonyl (C=O) groups is 1. The van der Waals surface area contributed by atoms with Gasteiger partial charge in [-0.25, -0.2) is 0 Å². The Hall–Kier alpha value is -2.63. The average Bonchev–Trinajstić information content (AvgIpc) is 3.37. The minimum Gasteiger partial charge on any atom is -0.379 e. The van der Waals surface area contributed by atoms with Crippen LogP contribution in [0.2, 0.25) is 5.02 Å². The topological polar surface area (TPSA) is 96.7 Å². The van der Waals surface area contributed by atoms with Crippen LogP contribution in [0.4, 0.5) is 0 Å². The van der Waals surface area contributed by atoms with Gasteiger partial charge in [0.2, 0.25) is 5.91 Å². The fourth-order valence-corrected chi connectivity index (χ4v) is 5.99. The van der Waals surface area contributed by atoms with Crippen molar-refractivity contribution in [1.29, 1.82) is 0 Å². The predicted octanol–water partition coefficient (Wildman–Crippen LogP) is 3.19. The van der Waals surface area contributed by atoms with Gasteiger partial charge in [-0.05, 0) is 38.5 Å². The Morgan fingerprint density at radius 3 is 2.65 bits per heavy atom. The Balaban J connectivity index is 1.33. The van der Waals surface area contributed by atoms with Gasteiger partial charge in [-0.2, -0.15) is 0 Å². The molecule has 3 aromatic rings. The molecule has 2 N–H and O–H groups in total. The molecule has 196 valence electrons. The van der Waals surface area contributed by atoms with Gasteiger partial charge in [0.1, 0.15) is 10.8 Å². The molecule has 0 aliphatic carbocycles. The first-order chi connectivity index (χ1) is 17.9. The minimum absolute atomic E-state index is 0.0480. The van der Waals surface area contributed by atoms with Gasteiger partial charge in [-0.1, -0.05) is 23.7 Å². The summed E-state index contributed by atoms with van der Waals surface area (Å²) in [6.07, 6.45) is 0.0608. The molecule has 0 radical (unpaired) electrons. The van der Waals surface area contributed by atoms with E-state index < -0.39 is 6.17 Å². The van der Waals surface area contributed by atoms with E-state index in [1.807, 2.05) is 31.2 Å². The van der Waals surface area contributed by atoms with Gasteiger partial charge in [-0.15, -0.1) is 21.5 Å². The number of ether oxygens (including phenoxy) is 1. The van der Waals surface area contributed by atoms with Crippen molar-refractivity contribution in [1.82, 2.24) is 30.3 Å². The Labute approximate surface area is 225 Å². The number of thiophene rings is 1. The quantitative estimate of drug-likeness (QED) is 0.425. The number of hydrogen-bond donors (Lipinski definition) is 2. The lowest BCUT2D eigenvalue weighted by Crippen LogP contribution is -2.39. The molecular weight excluding hydrogens is 510 g/mol. The molecule has 0 saturated carbocycles. The van der Waals surface area contributed by atoms with E-state index in [1.165, 1.54) is 10.4 Å². The van der Waals surface area contributed by atoms with Crippen molar-refractivity contribution in [3.05, 3.63) is 62.5 Å². The molecule has 2 aromatic heterocycles. The number of rotatable bonds is 8. The van der Waals surface area contributed by atoms with E-state index in [4.69, 9.17) is 21.3 Å². The second-order valence-electron chi connectivity index (χ2n) is 9.30. The minimum atomic E-state index is -0.420. The molecule has 0 spiro atoms. The first-order valence-electron chi connectivity index (χ1n) is 12.6. The number of nitrogens with one attached hydrogen (secondary N) is 2. The van der Waals surface area contributed by atoms with Crippen LogP contribution in [-0.4, -0.2) is 77.2 Å². The van der Waals surface area contributed by atoms with E-state index in [1.54, 1.807) is 11.3 Å². The summed E-state index contributed by atoms with van der Waals surface area (Å²) in [5, 5.41) is 17.1. The first kappa shape index (κ1) is 26.0. The summed E-state index contributed by atoms with van der Waals surface area (Å²) in [5.41, 5.74) is 4.17. The Morgan fingerprint density at radius 2 is 1.89 bits per heavy atom. The zero-order chi connectivity index (χ0) is 25.9. The molecule has 2 aliphatic rings. The average molecular weight is 542 g/mol. The monoisotopic (exact) mass is 541 g/mol. The molecule has 37 heavy (non-hydrogen) atoms. The standard InChI is InChI=1S/C26H32ClN7O2S/c1-16-17(2)37-26-22(16)23(19-4-6-20(27)7-5-19)30-24(25-32-31-18(3)34(25)26)29-10-9-28-21(35)8-11-33-12-14-36-15-13-33/h4-7,24,29H,8-15H2,1-3H3,(H,28,35). The molecule has 9 nitrogen and oxygen atoms in total. The lowest BCUT2D eigenvalue weighted by atomic mass is 10.00. The summed E-state index contributed by atoms with van der Waals surface area (Å²) < 4.78 is 7.47. The van der Waals surface area contributed by atoms with E-state index in [-0.39, 0.29) is 5.91 Å². The number of nitrogens with zero attached hydrogens (tertiary/aromatic N) is 5. The van der Waals surface area contributed by atoms with Gasteiger partial charge in [0.05, 0.1) is 18.9 Å². The summed E-state index contributed by atoms with van der Waals surface area (Å²) >= 11 is 7.91. The van der Waals surface area contributed by atoms with Crippen LogP contribution in [-0.2, 0) is 9.53 Å². The summed E-state index contributed by atoms with van der Waals surface area (Å²) in [6.45, 7) is 11.3. The molecule has 11 heteroatoms. The fraction of sp³-hybridized carbons (Fsp3) is 0.462. The molecule has 1 amide bonds. The summed E-state index contributed by atoms with van der Waals surface area (Å²) in [7, 11) is 0. The van der Waals surface area contributed by atoms with E-state index in [9.17, 15) is 4.79 Å². The lowest BCUT2D eigenvalue weighted by molar-refractivity contribution is -0.121. The third kappa shape index (κ3) is 5.63. The third-order valence-electron chi connectivity index (χ3n) is 6.82. The van der Waals surface area contributed by atoms with Gasteiger partial charge in [-0.3, -0.25) is 24.6 Å². The van der Waals surface area contributed by atoms with Crippen LogP contribution in [0.3, 0.4) is 0 Å². The van der Waals surface area contributed by atoms with Crippen LogP contribution in [0, 0.1) is 20.8 Å². The largest absolute Gasteiger partial charge is 0.379 e. The molecule has 1 unspecified atom stereocenters. The van der Waals surface area contributed by atoms with Crippen molar-refractivity contribution in [2.75, 3.05) is 45.9 Å². The summed E-state index contributed by atoms with van der Waals surface area (Å²) in [5.74, 6) is 1.60. The van der Waals surface area contributed by atoms with E-state index >= 15 is 0 Å². The van der Waals surface area contributed by atoms with Crippen molar-refractivity contribution in [3.63, 3.8) is 0 Å². The molecule has 1 atom stereocenters. The predicted molar refractivity (Wildman–Crippen MR) is 146 cm³/mol. The van der Waals surface area contributed by atoms with E-state index in [0.29, 0.717) is 24.5 Å². The number of aryl methyl sites for hydroxylation is 2. The number of aliphatic imine (C=N–C) groups is 1. The summed E-state index contributed by atoms with van der Waals surface area (Å²) in [6, 6.07) is 7.78. The molecule has 2 aliphatic heterocycles.